The maximum absolute atomic E-state index is 12.1. The minimum Gasteiger partial charge on any atom is -0.493 e. The minimum absolute atomic E-state index is 0.235. The molecule has 0 unspecified atom stereocenters. The topological polar surface area (TPSA) is 75.6 Å². The van der Waals surface area contributed by atoms with E-state index < -0.39 is 10.0 Å². The fourth-order valence-corrected chi connectivity index (χ4v) is 3.27. The van der Waals surface area contributed by atoms with Crippen molar-refractivity contribution in [2.45, 2.75) is 37.7 Å². The Labute approximate surface area is 126 Å². The average Bonchev–Trinajstić information content (AvgIpc) is 2.40. The van der Waals surface area contributed by atoms with Crippen LogP contribution in [0.5, 0.6) is 5.75 Å². The molecule has 0 aliphatic heterocycles. The standard InChI is InChI=1S/C15H23NO4S/c1-11(2)10-20-14-3-5-15(6-4-14)21(18,19)16-9-12-7-13(17)8-12/h3-6,11-13,16-17H,7-10H2,1-2H3. The molecule has 1 aromatic rings. The Morgan fingerprint density at radius 3 is 2.43 bits per heavy atom. The van der Waals surface area contributed by atoms with Crippen LogP contribution in [0.15, 0.2) is 29.2 Å². The molecule has 0 saturated heterocycles. The molecule has 1 saturated carbocycles. The average molecular weight is 313 g/mol. The summed E-state index contributed by atoms with van der Waals surface area (Å²) >= 11 is 0. The van der Waals surface area contributed by atoms with E-state index in [2.05, 4.69) is 18.6 Å². The highest BCUT2D eigenvalue weighted by molar-refractivity contribution is 7.89. The van der Waals surface area contributed by atoms with Gasteiger partial charge in [-0.15, -0.1) is 0 Å². The largest absolute Gasteiger partial charge is 0.493 e. The molecule has 5 nitrogen and oxygen atoms in total. The zero-order valence-electron chi connectivity index (χ0n) is 12.5. The zero-order chi connectivity index (χ0) is 15.5. The van der Waals surface area contributed by atoms with Gasteiger partial charge in [0.25, 0.3) is 0 Å². The summed E-state index contributed by atoms with van der Waals surface area (Å²) in [4.78, 5) is 0.235. The van der Waals surface area contributed by atoms with Crippen LogP contribution in [0, 0.1) is 11.8 Å². The molecule has 1 aromatic carbocycles. The molecular weight excluding hydrogens is 290 g/mol. The van der Waals surface area contributed by atoms with E-state index in [0.717, 1.165) is 0 Å². The van der Waals surface area contributed by atoms with Gasteiger partial charge in [-0.25, -0.2) is 13.1 Å². The Bertz CT molecular complexity index is 548. The highest BCUT2D eigenvalue weighted by Gasteiger charge is 2.28. The monoisotopic (exact) mass is 313 g/mol. The second kappa shape index (κ2) is 6.77. The smallest absolute Gasteiger partial charge is 0.240 e. The molecule has 2 rings (SSSR count). The first-order valence-electron chi connectivity index (χ1n) is 7.27. The molecule has 0 spiro atoms. The van der Waals surface area contributed by atoms with Crippen LogP contribution in [0.2, 0.25) is 0 Å². The van der Waals surface area contributed by atoms with Crippen molar-refractivity contribution < 1.29 is 18.3 Å². The molecule has 1 fully saturated rings. The molecule has 0 amide bonds. The first-order chi connectivity index (χ1) is 9.87. The van der Waals surface area contributed by atoms with Gasteiger partial charge in [0.1, 0.15) is 5.75 Å². The molecule has 0 bridgehead atoms. The number of aliphatic hydroxyl groups excluding tert-OH is 1. The number of ether oxygens (including phenoxy) is 1. The zero-order valence-corrected chi connectivity index (χ0v) is 13.3. The quantitative estimate of drug-likeness (QED) is 0.804. The molecule has 1 aliphatic rings. The molecule has 0 heterocycles. The SMILES string of the molecule is CC(C)COc1ccc(S(=O)(=O)NCC2CC(O)C2)cc1. The summed E-state index contributed by atoms with van der Waals surface area (Å²) in [5, 5.41) is 9.19. The lowest BCUT2D eigenvalue weighted by Crippen LogP contribution is -2.38. The molecule has 1 aliphatic carbocycles. The van der Waals surface area contributed by atoms with Gasteiger partial charge >= 0.3 is 0 Å². The second-order valence-corrected chi connectivity index (χ2v) is 7.79. The van der Waals surface area contributed by atoms with E-state index in [1.54, 1.807) is 24.3 Å². The maximum atomic E-state index is 12.1. The van der Waals surface area contributed by atoms with Gasteiger partial charge in [0, 0.05) is 6.54 Å². The fourth-order valence-electron chi connectivity index (χ4n) is 2.16. The number of hydrogen-bond donors (Lipinski definition) is 2. The van der Waals surface area contributed by atoms with Crippen LogP contribution >= 0.6 is 0 Å². The molecule has 0 atom stereocenters. The van der Waals surface area contributed by atoms with Crippen LogP contribution in [-0.2, 0) is 10.0 Å². The van der Waals surface area contributed by atoms with Crippen LogP contribution in [0.25, 0.3) is 0 Å². The second-order valence-electron chi connectivity index (χ2n) is 6.02. The summed E-state index contributed by atoms with van der Waals surface area (Å²) in [6, 6.07) is 6.44. The lowest BCUT2D eigenvalue weighted by Gasteiger charge is -2.31. The van der Waals surface area contributed by atoms with Gasteiger partial charge in [0.05, 0.1) is 17.6 Å². The number of sulfonamides is 1. The van der Waals surface area contributed by atoms with Gasteiger partial charge in [-0.05, 0) is 48.9 Å². The Kier molecular flexibility index (Phi) is 5.24. The van der Waals surface area contributed by atoms with Crippen LogP contribution < -0.4 is 9.46 Å². The summed E-state index contributed by atoms with van der Waals surface area (Å²) in [5.41, 5.74) is 0. The molecule has 0 aromatic heterocycles. The number of hydrogen-bond acceptors (Lipinski definition) is 4. The van der Waals surface area contributed by atoms with Crippen molar-refractivity contribution in [2.24, 2.45) is 11.8 Å². The highest BCUT2D eigenvalue weighted by atomic mass is 32.2. The van der Waals surface area contributed by atoms with Gasteiger partial charge in [-0.1, -0.05) is 13.8 Å². The van der Waals surface area contributed by atoms with Crippen LogP contribution in [-0.4, -0.2) is 32.8 Å². The van der Waals surface area contributed by atoms with E-state index in [1.165, 1.54) is 0 Å². The summed E-state index contributed by atoms with van der Waals surface area (Å²) in [7, 11) is -3.48. The Balaban J connectivity index is 1.90. The molecule has 2 N–H and O–H groups in total. The summed E-state index contributed by atoms with van der Waals surface area (Å²) in [6.45, 7) is 5.10. The van der Waals surface area contributed by atoms with Gasteiger partial charge in [-0.2, -0.15) is 0 Å². The Morgan fingerprint density at radius 2 is 1.90 bits per heavy atom. The third-order valence-electron chi connectivity index (χ3n) is 3.49. The first kappa shape index (κ1) is 16.3. The first-order valence-corrected chi connectivity index (χ1v) is 8.75. The lowest BCUT2D eigenvalue weighted by molar-refractivity contribution is 0.0453. The van der Waals surface area contributed by atoms with Crippen molar-refractivity contribution in [1.29, 1.82) is 0 Å². The predicted molar refractivity (Wildman–Crippen MR) is 80.7 cm³/mol. The van der Waals surface area contributed by atoms with Gasteiger partial charge in [0.15, 0.2) is 0 Å². The van der Waals surface area contributed by atoms with Gasteiger partial charge < -0.3 is 9.84 Å². The highest BCUT2D eigenvalue weighted by Crippen LogP contribution is 2.26. The molecule has 0 radical (unpaired) electrons. The van der Waals surface area contributed by atoms with Crippen molar-refractivity contribution in [2.75, 3.05) is 13.2 Å². The van der Waals surface area contributed by atoms with Crippen LogP contribution in [0.3, 0.4) is 0 Å². The van der Waals surface area contributed by atoms with Gasteiger partial charge in [-0.3, -0.25) is 0 Å². The molecule has 6 heteroatoms. The van der Waals surface area contributed by atoms with Crippen molar-refractivity contribution in [3.05, 3.63) is 24.3 Å². The van der Waals surface area contributed by atoms with Crippen molar-refractivity contribution >= 4 is 10.0 Å². The molecular formula is C15H23NO4S. The number of benzene rings is 1. The predicted octanol–water partition coefficient (Wildman–Crippen LogP) is 1.77. The van der Waals surface area contributed by atoms with Crippen molar-refractivity contribution in [3.63, 3.8) is 0 Å². The number of nitrogens with one attached hydrogen (secondary N) is 1. The third kappa shape index (κ3) is 4.69. The van der Waals surface area contributed by atoms with Crippen LogP contribution in [0.4, 0.5) is 0 Å². The summed E-state index contributed by atoms with van der Waals surface area (Å²) < 4.78 is 32.4. The van der Waals surface area contributed by atoms with E-state index in [4.69, 9.17) is 4.74 Å². The van der Waals surface area contributed by atoms with E-state index in [9.17, 15) is 13.5 Å². The Morgan fingerprint density at radius 1 is 1.29 bits per heavy atom. The van der Waals surface area contributed by atoms with E-state index >= 15 is 0 Å². The normalized spacial score (nSPS) is 22.1. The molecule has 21 heavy (non-hydrogen) atoms. The summed E-state index contributed by atoms with van der Waals surface area (Å²) in [5.74, 6) is 1.33. The summed E-state index contributed by atoms with van der Waals surface area (Å²) in [6.07, 6.45) is 1.08. The van der Waals surface area contributed by atoms with E-state index in [0.29, 0.717) is 37.7 Å². The Hall–Kier alpha value is -1.11. The minimum atomic E-state index is -3.48. The number of aliphatic hydroxyl groups is 1. The number of rotatable bonds is 7. The lowest BCUT2D eigenvalue weighted by atomic mass is 9.83. The maximum Gasteiger partial charge on any atom is 0.240 e. The van der Waals surface area contributed by atoms with Crippen LogP contribution in [0.1, 0.15) is 26.7 Å². The third-order valence-corrected chi connectivity index (χ3v) is 4.93. The van der Waals surface area contributed by atoms with Crippen molar-refractivity contribution in [1.82, 2.24) is 4.72 Å². The van der Waals surface area contributed by atoms with E-state index in [-0.39, 0.29) is 16.9 Å². The van der Waals surface area contributed by atoms with Crippen molar-refractivity contribution in [3.8, 4) is 5.75 Å². The fraction of sp³-hybridized carbons (Fsp3) is 0.600. The molecule has 118 valence electrons. The van der Waals surface area contributed by atoms with Gasteiger partial charge in [0.2, 0.25) is 10.0 Å². The van der Waals surface area contributed by atoms with E-state index in [1.807, 2.05) is 0 Å².